The first-order chi connectivity index (χ1) is 13.5. The molecule has 1 atom stereocenters. The van der Waals surface area contributed by atoms with E-state index in [1.165, 1.54) is 25.7 Å². The smallest absolute Gasteiger partial charge is 0.243 e. The summed E-state index contributed by atoms with van der Waals surface area (Å²) in [7, 11) is -3.44. The van der Waals surface area contributed by atoms with Crippen LogP contribution in [0, 0.1) is 0 Å². The molecule has 1 saturated carbocycles. The van der Waals surface area contributed by atoms with E-state index in [4.69, 9.17) is 0 Å². The second-order valence-electron chi connectivity index (χ2n) is 8.06. The number of carbonyl (C=O) groups is 1. The Kier molecular flexibility index (Phi) is 7.48. The average Bonchev–Trinajstić information content (AvgIpc) is 2.97. The highest BCUT2D eigenvalue weighted by molar-refractivity contribution is 7.89. The van der Waals surface area contributed by atoms with E-state index in [1.807, 2.05) is 6.92 Å². The Morgan fingerprint density at radius 1 is 0.964 bits per heavy atom. The molecule has 2 N–H and O–H groups in total. The van der Waals surface area contributed by atoms with Crippen LogP contribution in [-0.4, -0.2) is 43.8 Å². The van der Waals surface area contributed by atoms with Crippen LogP contribution in [0.1, 0.15) is 64.7 Å². The van der Waals surface area contributed by atoms with E-state index in [1.54, 1.807) is 28.6 Å². The molecule has 2 aliphatic rings. The minimum atomic E-state index is -3.44. The third-order valence-electron chi connectivity index (χ3n) is 5.81. The third kappa shape index (κ3) is 5.55. The van der Waals surface area contributed by atoms with Gasteiger partial charge in [0.1, 0.15) is 0 Å². The van der Waals surface area contributed by atoms with Gasteiger partial charge in [0.25, 0.3) is 0 Å². The maximum absolute atomic E-state index is 12.7. The van der Waals surface area contributed by atoms with Crippen LogP contribution in [0.5, 0.6) is 0 Å². The van der Waals surface area contributed by atoms with Crippen LogP contribution in [0.3, 0.4) is 0 Å². The summed E-state index contributed by atoms with van der Waals surface area (Å²) < 4.78 is 27.0. The number of nitrogens with one attached hydrogen (secondary N) is 2. The summed E-state index contributed by atoms with van der Waals surface area (Å²) in [5, 5.41) is 6.34. The summed E-state index contributed by atoms with van der Waals surface area (Å²) in [6.45, 7) is 3.06. The third-order valence-corrected chi connectivity index (χ3v) is 7.72. The van der Waals surface area contributed by atoms with Crippen molar-refractivity contribution in [2.45, 2.75) is 81.7 Å². The Balaban J connectivity index is 1.56. The van der Waals surface area contributed by atoms with Gasteiger partial charge in [-0.05, 0) is 56.9 Å². The van der Waals surface area contributed by atoms with Gasteiger partial charge in [-0.3, -0.25) is 4.79 Å². The van der Waals surface area contributed by atoms with Gasteiger partial charge in [-0.25, -0.2) is 8.42 Å². The van der Waals surface area contributed by atoms with Gasteiger partial charge >= 0.3 is 0 Å². The lowest BCUT2D eigenvalue weighted by atomic mass is 10.1. The number of rotatable bonds is 6. The van der Waals surface area contributed by atoms with Crippen LogP contribution < -0.4 is 10.6 Å². The molecular formula is C21H33N3O3S. The normalized spacial score (nSPS) is 21.0. The lowest BCUT2D eigenvalue weighted by molar-refractivity contribution is -0.118. The second-order valence-corrected chi connectivity index (χ2v) is 9.99. The number of benzene rings is 1. The zero-order valence-corrected chi connectivity index (χ0v) is 17.6. The summed E-state index contributed by atoms with van der Waals surface area (Å²) >= 11 is 0. The Bertz CT molecular complexity index is 735. The molecule has 1 aromatic carbocycles. The number of sulfonamides is 1. The molecule has 28 heavy (non-hydrogen) atoms. The van der Waals surface area contributed by atoms with Gasteiger partial charge in [-0.1, -0.05) is 32.1 Å². The Morgan fingerprint density at radius 3 is 2.14 bits per heavy atom. The molecule has 156 valence electrons. The molecule has 0 spiro atoms. The monoisotopic (exact) mass is 407 g/mol. The predicted molar refractivity (Wildman–Crippen MR) is 112 cm³/mol. The molecule has 1 aliphatic heterocycles. The van der Waals surface area contributed by atoms with Gasteiger partial charge < -0.3 is 10.6 Å². The fraction of sp³-hybridized carbons (Fsp3) is 0.667. The van der Waals surface area contributed by atoms with Crippen molar-refractivity contribution in [1.29, 1.82) is 0 Å². The van der Waals surface area contributed by atoms with E-state index in [2.05, 4.69) is 10.6 Å². The molecule has 0 aromatic heterocycles. The Morgan fingerprint density at radius 2 is 1.54 bits per heavy atom. The molecule has 1 heterocycles. The lowest BCUT2D eigenvalue weighted by Crippen LogP contribution is -2.43. The van der Waals surface area contributed by atoms with Gasteiger partial charge in [-0.15, -0.1) is 0 Å². The topological polar surface area (TPSA) is 78.5 Å². The van der Waals surface area contributed by atoms with Crippen LogP contribution in [0.2, 0.25) is 0 Å². The summed E-state index contributed by atoms with van der Waals surface area (Å²) in [6.07, 6.45) is 10.2. The summed E-state index contributed by atoms with van der Waals surface area (Å²) in [4.78, 5) is 12.8. The molecule has 3 rings (SSSR count). The minimum absolute atomic E-state index is 0.0871. The Hall–Kier alpha value is -1.44. The van der Waals surface area contributed by atoms with Crippen LogP contribution >= 0.6 is 0 Å². The number of amides is 1. The first kappa shape index (κ1) is 21.3. The van der Waals surface area contributed by atoms with Crippen molar-refractivity contribution in [3.05, 3.63) is 24.3 Å². The molecule has 0 radical (unpaired) electrons. The van der Waals surface area contributed by atoms with E-state index >= 15 is 0 Å². The van der Waals surface area contributed by atoms with Gasteiger partial charge in [0, 0.05) is 24.8 Å². The highest BCUT2D eigenvalue weighted by Crippen LogP contribution is 2.22. The maximum Gasteiger partial charge on any atom is 0.243 e. The van der Waals surface area contributed by atoms with Crippen molar-refractivity contribution in [3.63, 3.8) is 0 Å². The van der Waals surface area contributed by atoms with Gasteiger partial charge in [0.2, 0.25) is 15.9 Å². The molecule has 1 saturated heterocycles. The standard InChI is InChI=1S/C21H33N3O3S/c1-17(22-18-9-5-2-3-6-10-18)21(25)23-19-11-13-20(14-12-19)28(26,27)24-15-7-4-8-16-24/h11-14,17-18,22H,2-10,15-16H2,1H3,(H,23,25)/t17-/m0/s1. The first-order valence-corrected chi connectivity index (χ1v) is 12.1. The molecule has 1 amide bonds. The molecule has 2 fully saturated rings. The zero-order chi connectivity index (χ0) is 20.0. The zero-order valence-electron chi connectivity index (χ0n) is 16.8. The summed E-state index contributed by atoms with van der Waals surface area (Å²) in [5.74, 6) is -0.0871. The van der Waals surface area contributed by atoms with Crippen LogP contribution in [0.15, 0.2) is 29.2 Å². The fourth-order valence-corrected chi connectivity index (χ4v) is 5.61. The van der Waals surface area contributed by atoms with E-state index in [0.717, 1.165) is 32.1 Å². The van der Waals surface area contributed by atoms with Gasteiger partial charge in [-0.2, -0.15) is 4.31 Å². The van der Waals surface area contributed by atoms with Crippen LogP contribution in [0.4, 0.5) is 5.69 Å². The largest absolute Gasteiger partial charge is 0.325 e. The van der Waals surface area contributed by atoms with Crippen LogP contribution in [-0.2, 0) is 14.8 Å². The number of piperidine rings is 1. The fourth-order valence-electron chi connectivity index (χ4n) is 4.09. The quantitative estimate of drug-likeness (QED) is 0.708. The van der Waals surface area contributed by atoms with Crippen molar-refractivity contribution >= 4 is 21.6 Å². The van der Waals surface area contributed by atoms with E-state index in [9.17, 15) is 13.2 Å². The average molecular weight is 408 g/mol. The molecule has 1 aliphatic carbocycles. The molecule has 1 aromatic rings. The summed E-state index contributed by atoms with van der Waals surface area (Å²) in [5.41, 5.74) is 0.622. The van der Waals surface area contributed by atoms with Crippen LogP contribution in [0.25, 0.3) is 0 Å². The van der Waals surface area contributed by atoms with Gasteiger partial charge in [0.05, 0.1) is 10.9 Å². The van der Waals surface area contributed by atoms with Crippen molar-refractivity contribution in [2.75, 3.05) is 18.4 Å². The van der Waals surface area contributed by atoms with Gasteiger partial charge in [0.15, 0.2) is 0 Å². The molecule has 7 heteroatoms. The van der Waals surface area contributed by atoms with Crippen molar-refractivity contribution in [1.82, 2.24) is 9.62 Å². The minimum Gasteiger partial charge on any atom is -0.325 e. The van der Waals surface area contributed by atoms with Crippen molar-refractivity contribution in [2.24, 2.45) is 0 Å². The van der Waals surface area contributed by atoms with E-state index in [0.29, 0.717) is 24.8 Å². The SMILES string of the molecule is C[C@H](NC1CCCCCC1)C(=O)Nc1ccc(S(=O)(=O)N2CCCCC2)cc1. The molecular weight excluding hydrogens is 374 g/mol. The lowest BCUT2D eigenvalue weighted by Gasteiger charge is -2.26. The first-order valence-electron chi connectivity index (χ1n) is 10.6. The number of hydrogen-bond acceptors (Lipinski definition) is 4. The van der Waals surface area contributed by atoms with Crippen molar-refractivity contribution in [3.8, 4) is 0 Å². The van der Waals surface area contributed by atoms with E-state index < -0.39 is 10.0 Å². The number of hydrogen-bond donors (Lipinski definition) is 2. The summed E-state index contributed by atoms with van der Waals surface area (Å²) in [6, 6.07) is 6.65. The Labute approximate surface area is 169 Å². The maximum atomic E-state index is 12.7. The highest BCUT2D eigenvalue weighted by atomic mass is 32.2. The number of nitrogens with zero attached hydrogens (tertiary/aromatic N) is 1. The van der Waals surface area contributed by atoms with E-state index in [-0.39, 0.29) is 16.8 Å². The van der Waals surface area contributed by atoms with Crippen molar-refractivity contribution < 1.29 is 13.2 Å². The second kappa shape index (κ2) is 9.85. The number of carbonyl (C=O) groups excluding carboxylic acids is 1. The molecule has 0 unspecified atom stereocenters. The highest BCUT2D eigenvalue weighted by Gasteiger charge is 2.26. The predicted octanol–water partition coefficient (Wildman–Crippen LogP) is 3.50. The number of anilines is 1. The molecule has 0 bridgehead atoms. The molecule has 6 nitrogen and oxygen atoms in total.